The van der Waals surface area contributed by atoms with Crippen molar-refractivity contribution < 1.29 is 13.2 Å². The van der Waals surface area contributed by atoms with E-state index in [1.165, 1.54) is 12.8 Å². The molecule has 0 radical (unpaired) electrons. The van der Waals surface area contributed by atoms with E-state index in [0.29, 0.717) is 36.9 Å². The van der Waals surface area contributed by atoms with Crippen LogP contribution in [0.2, 0.25) is 0 Å². The zero-order valence-corrected chi connectivity index (χ0v) is 18.8. The third kappa shape index (κ3) is 4.26. The first-order valence-electron chi connectivity index (χ1n) is 11.1. The van der Waals surface area contributed by atoms with E-state index in [-0.39, 0.29) is 11.8 Å². The monoisotopic (exact) mass is 428 g/mol. The van der Waals surface area contributed by atoms with Crippen LogP contribution in [0.4, 0.5) is 0 Å². The van der Waals surface area contributed by atoms with Gasteiger partial charge in [-0.1, -0.05) is 37.3 Å². The molecule has 1 heterocycles. The van der Waals surface area contributed by atoms with E-state index in [0.717, 1.165) is 29.5 Å². The number of carbonyl (C=O) groups excluding carboxylic acids is 1. The van der Waals surface area contributed by atoms with Crippen LogP contribution in [-0.4, -0.2) is 49.7 Å². The summed E-state index contributed by atoms with van der Waals surface area (Å²) < 4.78 is 27.8. The number of nitrogens with zero attached hydrogens (tertiary/aromatic N) is 2. The molecule has 30 heavy (non-hydrogen) atoms. The van der Waals surface area contributed by atoms with Gasteiger partial charge in [0.1, 0.15) is 0 Å². The molecule has 162 valence electrons. The first kappa shape index (κ1) is 21.3. The van der Waals surface area contributed by atoms with Crippen molar-refractivity contribution in [1.29, 1.82) is 0 Å². The minimum absolute atomic E-state index is 0.0718. The maximum absolute atomic E-state index is 13.1. The quantitative estimate of drug-likeness (QED) is 0.730. The van der Waals surface area contributed by atoms with Gasteiger partial charge in [-0.05, 0) is 67.3 Å². The molecular formula is C24H32N2O3S. The summed E-state index contributed by atoms with van der Waals surface area (Å²) in [6.07, 6.45) is 5.73. The van der Waals surface area contributed by atoms with Crippen LogP contribution < -0.4 is 0 Å². The molecule has 1 aliphatic carbocycles. The fourth-order valence-corrected chi connectivity index (χ4v) is 6.42. The number of sulfonamides is 1. The Hall–Kier alpha value is -1.92. The highest BCUT2D eigenvalue weighted by molar-refractivity contribution is 7.89. The van der Waals surface area contributed by atoms with Gasteiger partial charge in [-0.25, -0.2) is 8.42 Å². The maximum atomic E-state index is 13.1. The molecule has 0 spiro atoms. The first-order valence-corrected chi connectivity index (χ1v) is 12.6. The second-order valence-electron chi connectivity index (χ2n) is 9.05. The predicted molar refractivity (Wildman–Crippen MR) is 120 cm³/mol. The van der Waals surface area contributed by atoms with Gasteiger partial charge in [-0.3, -0.25) is 4.79 Å². The largest absolute Gasteiger partial charge is 0.343 e. The van der Waals surface area contributed by atoms with Crippen LogP contribution >= 0.6 is 0 Å². The van der Waals surface area contributed by atoms with Crippen molar-refractivity contribution in [3.05, 3.63) is 42.5 Å². The molecule has 2 aromatic rings. The lowest BCUT2D eigenvalue weighted by Gasteiger charge is -2.37. The van der Waals surface area contributed by atoms with Gasteiger partial charge in [-0.15, -0.1) is 0 Å². The van der Waals surface area contributed by atoms with Gasteiger partial charge in [0.25, 0.3) is 0 Å². The predicted octanol–water partition coefficient (Wildman–Crippen LogP) is 4.28. The molecule has 1 amide bonds. The van der Waals surface area contributed by atoms with Crippen molar-refractivity contribution in [2.24, 2.45) is 11.8 Å². The summed E-state index contributed by atoms with van der Waals surface area (Å²) >= 11 is 0. The van der Waals surface area contributed by atoms with E-state index < -0.39 is 10.0 Å². The molecule has 1 saturated heterocycles. The number of fused-ring (bicyclic) bond motifs is 1. The molecule has 5 nitrogen and oxygen atoms in total. The normalized spacial score (nSPS) is 24.1. The number of benzene rings is 2. The molecule has 0 aromatic heterocycles. The smallest absolute Gasteiger partial charge is 0.243 e. The van der Waals surface area contributed by atoms with Gasteiger partial charge in [0.05, 0.1) is 4.90 Å². The summed E-state index contributed by atoms with van der Waals surface area (Å²) in [5, 5.41) is 1.95. The highest BCUT2D eigenvalue weighted by atomic mass is 32.2. The minimum atomic E-state index is -3.54. The van der Waals surface area contributed by atoms with E-state index in [2.05, 4.69) is 6.92 Å². The molecule has 0 bridgehead atoms. The van der Waals surface area contributed by atoms with E-state index in [9.17, 15) is 13.2 Å². The van der Waals surface area contributed by atoms with Gasteiger partial charge >= 0.3 is 0 Å². The fourth-order valence-electron chi connectivity index (χ4n) is 4.92. The van der Waals surface area contributed by atoms with Crippen LogP contribution in [0.15, 0.2) is 47.4 Å². The Morgan fingerprint density at radius 3 is 2.23 bits per heavy atom. The van der Waals surface area contributed by atoms with E-state index in [4.69, 9.17) is 0 Å². The summed E-state index contributed by atoms with van der Waals surface area (Å²) in [7, 11) is -1.61. The zero-order chi connectivity index (χ0) is 21.3. The Morgan fingerprint density at radius 2 is 1.57 bits per heavy atom. The van der Waals surface area contributed by atoms with E-state index in [1.807, 2.05) is 42.3 Å². The first-order chi connectivity index (χ1) is 14.4. The molecule has 1 aliphatic heterocycles. The van der Waals surface area contributed by atoms with Gasteiger partial charge in [0.15, 0.2) is 0 Å². The van der Waals surface area contributed by atoms with Crippen LogP contribution in [0, 0.1) is 11.8 Å². The Bertz CT molecular complexity index is 1000. The summed E-state index contributed by atoms with van der Waals surface area (Å²) in [6, 6.07) is 13.4. The highest BCUT2D eigenvalue weighted by Gasteiger charge is 2.35. The number of piperidine rings is 1. The van der Waals surface area contributed by atoms with Crippen molar-refractivity contribution in [1.82, 2.24) is 9.21 Å². The Balaban J connectivity index is 1.40. The second kappa shape index (κ2) is 8.67. The second-order valence-corrected chi connectivity index (χ2v) is 11.0. The molecule has 2 aromatic carbocycles. The lowest BCUT2D eigenvalue weighted by atomic mass is 9.86. The minimum Gasteiger partial charge on any atom is -0.343 e. The molecular weight excluding hydrogens is 396 g/mol. The van der Waals surface area contributed by atoms with Crippen molar-refractivity contribution in [2.75, 3.05) is 20.1 Å². The van der Waals surface area contributed by atoms with E-state index >= 15 is 0 Å². The number of hydrogen-bond donors (Lipinski definition) is 0. The number of hydrogen-bond acceptors (Lipinski definition) is 3. The molecule has 6 heteroatoms. The fraction of sp³-hybridized carbons (Fsp3) is 0.542. The SMILES string of the molecule is CC1CCC(N(C)C(=O)C2CCN(S(=O)(=O)c3ccc4ccccc4c3)CC2)CC1. The molecule has 1 saturated carbocycles. The average molecular weight is 429 g/mol. The lowest BCUT2D eigenvalue weighted by Crippen LogP contribution is -2.46. The number of rotatable bonds is 4. The average Bonchev–Trinajstić information content (AvgIpc) is 2.78. The standard InChI is InChI=1S/C24H32N2O3S/c1-18-7-10-22(11-8-18)25(2)24(27)20-13-15-26(16-14-20)30(28,29)23-12-9-19-5-3-4-6-21(19)17-23/h3-6,9,12,17-18,20,22H,7-8,10-11,13-16H2,1-2H3. The molecule has 4 rings (SSSR count). The molecule has 2 aliphatic rings. The molecule has 2 fully saturated rings. The Labute approximate surface area is 180 Å². The van der Waals surface area contributed by atoms with E-state index in [1.54, 1.807) is 16.4 Å². The topological polar surface area (TPSA) is 57.7 Å². The zero-order valence-electron chi connectivity index (χ0n) is 18.0. The highest BCUT2D eigenvalue weighted by Crippen LogP contribution is 2.30. The van der Waals surface area contributed by atoms with Crippen molar-refractivity contribution in [3.63, 3.8) is 0 Å². The van der Waals surface area contributed by atoms with Crippen LogP contribution in [0.3, 0.4) is 0 Å². The van der Waals surface area contributed by atoms with Crippen LogP contribution in [0.25, 0.3) is 10.8 Å². The maximum Gasteiger partial charge on any atom is 0.243 e. The van der Waals surface area contributed by atoms with Crippen LogP contribution in [0.1, 0.15) is 45.4 Å². The summed E-state index contributed by atoms with van der Waals surface area (Å²) in [6.45, 7) is 3.09. The van der Waals surface area contributed by atoms with Gasteiger partial charge in [0.2, 0.25) is 15.9 Å². The van der Waals surface area contributed by atoms with Crippen molar-refractivity contribution >= 4 is 26.7 Å². The van der Waals surface area contributed by atoms with Crippen molar-refractivity contribution in [3.8, 4) is 0 Å². The summed E-state index contributed by atoms with van der Waals surface area (Å²) in [5.74, 6) is 0.878. The third-order valence-corrected chi connectivity index (χ3v) is 8.94. The van der Waals surface area contributed by atoms with Gasteiger partial charge in [-0.2, -0.15) is 4.31 Å². The Kier molecular flexibility index (Phi) is 6.16. The summed E-state index contributed by atoms with van der Waals surface area (Å²) in [5.41, 5.74) is 0. The molecule has 0 unspecified atom stereocenters. The van der Waals surface area contributed by atoms with Crippen LogP contribution in [-0.2, 0) is 14.8 Å². The van der Waals surface area contributed by atoms with Gasteiger partial charge in [0, 0.05) is 32.1 Å². The van der Waals surface area contributed by atoms with Crippen molar-refractivity contribution in [2.45, 2.75) is 56.4 Å². The summed E-state index contributed by atoms with van der Waals surface area (Å²) in [4.78, 5) is 15.3. The third-order valence-electron chi connectivity index (χ3n) is 7.04. The number of carbonyl (C=O) groups is 1. The number of amides is 1. The Morgan fingerprint density at radius 1 is 0.933 bits per heavy atom. The lowest BCUT2D eigenvalue weighted by molar-refractivity contribution is -0.138. The van der Waals surface area contributed by atoms with Crippen LogP contribution in [0.5, 0.6) is 0 Å². The van der Waals surface area contributed by atoms with Gasteiger partial charge < -0.3 is 4.90 Å². The molecule has 0 atom stereocenters. The molecule has 0 N–H and O–H groups in total.